The molecule has 0 aliphatic carbocycles. The van der Waals surface area contributed by atoms with Crippen molar-refractivity contribution >= 4 is 38.1 Å². The number of methoxy groups -OCH3 is 1. The lowest BCUT2D eigenvalue weighted by molar-refractivity contribution is -0.114. The van der Waals surface area contributed by atoms with Gasteiger partial charge in [0.2, 0.25) is 5.91 Å². The molecule has 2 N–H and O–H groups in total. The van der Waals surface area contributed by atoms with Gasteiger partial charge in [-0.1, -0.05) is 35.6 Å². The molecule has 2 aromatic carbocycles. The van der Waals surface area contributed by atoms with Crippen molar-refractivity contribution in [3.8, 4) is 10.4 Å². The van der Waals surface area contributed by atoms with E-state index in [-0.39, 0.29) is 17.4 Å². The third kappa shape index (κ3) is 5.00. The Kier molecular flexibility index (Phi) is 6.31. The molecule has 1 heterocycles. The number of thiazole rings is 1. The van der Waals surface area contributed by atoms with Crippen LogP contribution in [0.1, 0.15) is 18.2 Å². The summed E-state index contributed by atoms with van der Waals surface area (Å²) in [6, 6.07) is 13.6. The minimum atomic E-state index is -3.71. The molecule has 0 unspecified atom stereocenters. The van der Waals surface area contributed by atoms with E-state index in [0.717, 1.165) is 16.1 Å². The molecule has 0 bridgehead atoms. The SMILES string of the molecule is COCc1cc(-c2sc(NC(C)=O)nc2C)ccc1NS(=O)(=O)c1ccccc1. The summed E-state index contributed by atoms with van der Waals surface area (Å²) in [5.41, 5.74) is 2.79. The molecule has 0 radical (unpaired) electrons. The van der Waals surface area contributed by atoms with E-state index in [4.69, 9.17) is 4.74 Å². The Bertz CT molecular complexity index is 1130. The van der Waals surface area contributed by atoms with Crippen molar-refractivity contribution in [3.63, 3.8) is 0 Å². The van der Waals surface area contributed by atoms with E-state index in [1.807, 2.05) is 19.1 Å². The predicted octanol–water partition coefficient (Wildman–Crippen LogP) is 4.02. The molecule has 0 saturated carbocycles. The van der Waals surface area contributed by atoms with E-state index in [1.165, 1.54) is 30.4 Å². The molecule has 29 heavy (non-hydrogen) atoms. The molecular weight excluding hydrogens is 410 g/mol. The molecule has 3 aromatic rings. The normalized spacial score (nSPS) is 11.3. The van der Waals surface area contributed by atoms with Gasteiger partial charge in [0.25, 0.3) is 10.0 Å². The van der Waals surface area contributed by atoms with Crippen molar-refractivity contribution in [1.82, 2.24) is 4.98 Å². The van der Waals surface area contributed by atoms with E-state index < -0.39 is 10.0 Å². The van der Waals surface area contributed by atoms with Gasteiger partial charge in [-0.3, -0.25) is 9.52 Å². The zero-order chi connectivity index (χ0) is 21.0. The highest BCUT2D eigenvalue weighted by Gasteiger charge is 2.17. The Labute approximate surface area is 173 Å². The lowest BCUT2D eigenvalue weighted by Gasteiger charge is -2.14. The van der Waals surface area contributed by atoms with Crippen LogP contribution in [0.2, 0.25) is 0 Å². The third-order valence-corrected chi connectivity index (χ3v) is 6.55. The van der Waals surface area contributed by atoms with Crippen LogP contribution in [0.15, 0.2) is 53.4 Å². The number of sulfonamides is 1. The average Bonchev–Trinajstić information content (AvgIpc) is 3.03. The van der Waals surface area contributed by atoms with E-state index in [2.05, 4.69) is 15.0 Å². The van der Waals surface area contributed by atoms with Gasteiger partial charge >= 0.3 is 0 Å². The number of rotatable bonds is 7. The standard InChI is InChI=1S/C20H21N3O4S2/c1-13-19(28-20(21-13)22-14(2)24)15-9-10-18(16(11-15)12-27-3)23-29(25,26)17-7-5-4-6-8-17/h4-11,23H,12H2,1-3H3,(H,21,22,24). The van der Waals surface area contributed by atoms with E-state index in [1.54, 1.807) is 31.4 Å². The van der Waals surface area contributed by atoms with Gasteiger partial charge in [-0.2, -0.15) is 0 Å². The van der Waals surface area contributed by atoms with Crippen molar-refractivity contribution < 1.29 is 17.9 Å². The van der Waals surface area contributed by atoms with Gasteiger partial charge < -0.3 is 10.1 Å². The fourth-order valence-corrected chi connectivity index (χ4v) is 4.91. The molecule has 0 saturated heterocycles. The molecular formula is C20H21N3O4S2. The first kappa shape index (κ1) is 21.0. The van der Waals surface area contributed by atoms with Gasteiger partial charge in [-0.05, 0) is 36.8 Å². The number of hydrogen-bond donors (Lipinski definition) is 2. The maximum atomic E-state index is 12.7. The monoisotopic (exact) mass is 431 g/mol. The van der Waals surface area contributed by atoms with Crippen LogP contribution < -0.4 is 10.0 Å². The summed E-state index contributed by atoms with van der Waals surface area (Å²) in [6.45, 7) is 3.52. The summed E-state index contributed by atoms with van der Waals surface area (Å²) in [7, 11) is -2.16. The second-order valence-corrected chi connectivity index (χ2v) is 9.02. The maximum absolute atomic E-state index is 12.7. The zero-order valence-corrected chi connectivity index (χ0v) is 17.9. The maximum Gasteiger partial charge on any atom is 0.261 e. The third-order valence-electron chi connectivity index (χ3n) is 4.04. The molecule has 0 spiro atoms. The van der Waals surface area contributed by atoms with Gasteiger partial charge in [0.1, 0.15) is 0 Å². The van der Waals surface area contributed by atoms with Crippen molar-refractivity contribution in [2.75, 3.05) is 17.1 Å². The summed E-state index contributed by atoms with van der Waals surface area (Å²) in [6.07, 6.45) is 0. The molecule has 7 nitrogen and oxygen atoms in total. The highest BCUT2D eigenvalue weighted by Crippen LogP contribution is 2.35. The number of hydrogen-bond acceptors (Lipinski definition) is 6. The molecule has 0 aliphatic heterocycles. The van der Waals surface area contributed by atoms with Crippen LogP contribution in [0.5, 0.6) is 0 Å². The minimum absolute atomic E-state index is 0.184. The summed E-state index contributed by atoms with van der Waals surface area (Å²) in [5, 5.41) is 3.21. The number of nitrogens with one attached hydrogen (secondary N) is 2. The number of nitrogens with zero attached hydrogens (tertiary/aromatic N) is 1. The highest BCUT2D eigenvalue weighted by molar-refractivity contribution is 7.92. The van der Waals surface area contributed by atoms with Crippen molar-refractivity contribution in [2.45, 2.75) is 25.3 Å². The number of benzene rings is 2. The first-order valence-corrected chi connectivity index (χ1v) is 11.1. The second kappa shape index (κ2) is 8.73. The van der Waals surface area contributed by atoms with E-state index in [0.29, 0.717) is 16.4 Å². The molecule has 1 amide bonds. The summed E-state index contributed by atoms with van der Waals surface area (Å²) >= 11 is 1.36. The Morgan fingerprint density at radius 2 is 1.90 bits per heavy atom. The number of aromatic nitrogens is 1. The smallest absolute Gasteiger partial charge is 0.261 e. The first-order valence-electron chi connectivity index (χ1n) is 8.75. The molecule has 152 valence electrons. The van der Waals surface area contributed by atoms with Crippen LogP contribution in [0.25, 0.3) is 10.4 Å². The summed E-state index contributed by atoms with van der Waals surface area (Å²) < 4.78 is 33.2. The number of anilines is 2. The van der Waals surface area contributed by atoms with Crippen molar-refractivity contribution in [2.24, 2.45) is 0 Å². The van der Waals surface area contributed by atoms with Gasteiger partial charge in [0.05, 0.1) is 27.8 Å². The molecule has 9 heteroatoms. The summed E-state index contributed by atoms with van der Waals surface area (Å²) in [5.74, 6) is -0.184. The molecule has 3 rings (SSSR count). The van der Waals surface area contributed by atoms with Gasteiger partial charge in [0.15, 0.2) is 5.13 Å². The topological polar surface area (TPSA) is 97.4 Å². The van der Waals surface area contributed by atoms with Crippen LogP contribution in [0, 0.1) is 6.92 Å². The van der Waals surface area contributed by atoms with E-state index >= 15 is 0 Å². The molecule has 0 aliphatic rings. The predicted molar refractivity (Wildman–Crippen MR) is 115 cm³/mol. The van der Waals surface area contributed by atoms with Crippen LogP contribution in [-0.2, 0) is 26.2 Å². The van der Waals surface area contributed by atoms with Crippen LogP contribution in [-0.4, -0.2) is 26.4 Å². The van der Waals surface area contributed by atoms with Gasteiger partial charge in [-0.15, -0.1) is 0 Å². The fourth-order valence-electron chi connectivity index (χ4n) is 2.78. The highest BCUT2D eigenvalue weighted by atomic mass is 32.2. The minimum Gasteiger partial charge on any atom is -0.380 e. The lowest BCUT2D eigenvalue weighted by atomic mass is 10.1. The Balaban J connectivity index is 1.96. The number of ether oxygens (including phenoxy) is 1. The van der Waals surface area contributed by atoms with Gasteiger partial charge in [0, 0.05) is 19.6 Å². The average molecular weight is 432 g/mol. The van der Waals surface area contributed by atoms with Crippen LogP contribution in [0.3, 0.4) is 0 Å². The lowest BCUT2D eigenvalue weighted by Crippen LogP contribution is -2.14. The Hall–Kier alpha value is -2.75. The zero-order valence-electron chi connectivity index (χ0n) is 16.2. The van der Waals surface area contributed by atoms with Crippen molar-refractivity contribution in [3.05, 3.63) is 59.8 Å². The Morgan fingerprint density at radius 3 is 2.55 bits per heavy atom. The van der Waals surface area contributed by atoms with Crippen LogP contribution >= 0.6 is 11.3 Å². The molecule has 0 atom stereocenters. The summed E-state index contributed by atoms with van der Waals surface area (Å²) in [4.78, 5) is 16.7. The Morgan fingerprint density at radius 1 is 1.17 bits per heavy atom. The quantitative estimate of drug-likeness (QED) is 0.589. The fraction of sp³-hybridized carbons (Fsp3) is 0.200. The number of carbonyl (C=O) groups excluding carboxylic acids is 1. The first-order chi connectivity index (χ1) is 13.8. The number of aryl methyl sites for hydroxylation is 1. The number of carbonyl (C=O) groups is 1. The largest absolute Gasteiger partial charge is 0.380 e. The second-order valence-electron chi connectivity index (χ2n) is 6.34. The van der Waals surface area contributed by atoms with Crippen LogP contribution in [0.4, 0.5) is 10.8 Å². The van der Waals surface area contributed by atoms with E-state index in [9.17, 15) is 13.2 Å². The van der Waals surface area contributed by atoms with Crippen molar-refractivity contribution in [1.29, 1.82) is 0 Å². The molecule has 0 fully saturated rings. The van der Waals surface area contributed by atoms with Gasteiger partial charge in [-0.25, -0.2) is 13.4 Å². The number of amides is 1. The molecule has 1 aromatic heterocycles.